The molecule has 0 amide bonds. The smallest absolute Gasteiger partial charge is 0.257 e. The lowest BCUT2D eigenvalue weighted by Gasteiger charge is -2.21. The zero-order valence-corrected chi connectivity index (χ0v) is 18.7. The molecule has 160 valence electrons. The second-order valence-corrected chi connectivity index (χ2v) is 8.27. The minimum absolute atomic E-state index is 0.514. The van der Waals surface area contributed by atoms with E-state index in [0.29, 0.717) is 10.8 Å². The quantitative estimate of drug-likeness (QED) is 0.401. The Bertz CT molecular complexity index is 1410. The monoisotopic (exact) mass is 444 g/mol. The summed E-state index contributed by atoms with van der Waals surface area (Å²) in [7, 11) is 6.00. The second kappa shape index (κ2) is 8.14. The van der Waals surface area contributed by atoms with E-state index in [1.807, 2.05) is 79.2 Å². The number of anilines is 2. The largest absolute Gasteiger partial charge is 0.329 e. The van der Waals surface area contributed by atoms with E-state index in [1.54, 1.807) is 6.33 Å². The Morgan fingerprint density at radius 1 is 1.00 bits per heavy atom. The average molecular weight is 445 g/mol. The first kappa shape index (κ1) is 20.3. The number of halogens is 1. The van der Waals surface area contributed by atoms with Gasteiger partial charge in [0.25, 0.3) is 5.78 Å². The first-order valence-corrected chi connectivity index (χ1v) is 10.5. The summed E-state index contributed by atoms with van der Waals surface area (Å²) in [6.07, 6.45) is 5.28. The lowest BCUT2D eigenvalue weighted by Crippen LogP contribution is -2.13. The molecule has 8 nitrogen and oxygen atoms in total. The summed E-state index contributed by atoms with van der Waals surface area (Å²) in [4.78, 5) is 18.0. The molecule has 0 saturated carbocycles. The molecular formula is C23H21ClN8. The normalized spacial score (nSPS) is 11.5. The van der Waals surface area contributed by atoms with Crippen LogP contribution in [-0.2, 0) is 6.54 Å². The highest BCUT2D eigenvalue weighted by Crippen LogP contribution is 2.32. The fraction of sp³-hybridized carbons (Fsp3) is 0.174. The van der Waals surface area contributed by atoms with Gasteiger partial charge in [-0.3, -0.25) is 14.4 Å². The van der Waals surface area contributed by atoms with Gasteiger partial charge >= 0.3 is 0 Å². The molecule has 0 aliphatic carbocycles. The van der Waals surface area contributed by atoms with Crippen LogP contribution in [0.3, 0.4) is 0 Å². The summed E-state index contributed by atoms with van der Waals surface area (Å²) in [5, 5.41) is 9.73. The fourth-order valence-electron chi connectivity index (χ4n) is 3.68. The molecule has 0 unspecified atom stereocenters. The number of hydrogen-bond donors (Lipinski definition) is 0. The molecule has 0 aliphatic heterocycles. The van der Waals surface area contributed by atoms with Crippen LogP contribution in [0.15, 0.2) is 61.2 Å². The van der Waals surface area contributed by atoms with Crippen molar-refractivity contribution < 1.29 is 0 Å². The molecule has 32 heavy (non-hydrogen) atoms. The molecule has 0 atom stereocenters. The number of rotatable bonds is 5. The van der Waals surface area contributed by atoms with Crippen LogP contribution >= 0.6 is 11.6 Å². The highest BCUT2D eigenvalue weighted by atomic mass is 35.5. The van der Waals surface area contributed by atoms with E-state index >= 15 is 0 Å². The third kappa shape index (κ3) is 3.74. The van der Waals surface area contributed by atoms with Crippen LogP contribution in [0.5, 0.6) is 0 Å². The third-order valence-electron chi connectivity index (χ3n) is 5.23. The minimum Gasteiger partial charge on any atom is -0.329 e. The Morgan fingerprint density at radius 3 is 2.66 bits per heavy atom. The van der Waals surface area contributed by atoms with Crippen LogP contribution in [0.25, 0.3) is 27.9 Å². The lowest BCUT2D eigenvalue weighted by atomic mass is 10.1. The van der Waals surface area contributed by atoms with Gasteiger partial charge in [-0.2, -0.15) is 4.98 Å². The zero-order chi connectivity index (χ0) is 22.2. The van der Waals surface area contributed by atoms with Crippen molar-refractivity contribution in [2.45, 2.75) is 6.54 Å². The minimum atomic E-state index is 0.514. The molecular weight excluding hydrogens is 424 g/mol. The van der Waals surface area contributed by atoms with Crippen LogP contribution in [0.4, 0.5) is 11.5 Å². The highest BCUT2D eigenvalue weighted by molar-refractivity contribution is 6.31. The maximum absolute atomic E-state index is 6.26. The summed E-state index contributed by atoms with van der Waals surface area (Å²) in [6, 6.07) is 13.9. The van der Waals surface area contributed by atoms with Crippen molar-refractivity contribution in [3.05, 3.63) is 71.9 Å². The molecule has 3 aromatic heterocycles. The number of hydrogen-bond acceptors (Lipinski definition) is 7. The van der Waals surface area contributed by atoms with Gasteiger partial charge < -0.3 is 9.80 Å². The van der Waals surface area contributed by atoms with Crippen molar-refractivity contribution in [3.63, 3.8) is 0 Å². The first-order chi connectivity index (χ1) is 15.5. The van der Waals surface area contributed by atoms with E-state index < -0.39 is 0 Å². The van der Waals surface area contributed by atoms with Gasteiger partial charge in [0.05, 0.1) is 29.3 Å². The molecule has 5 rings (SSSR count). The Morgan fingerprint density at radius 2 is 1.88 bits per heavy atom. The molecule has 3 heterocycles. The topological polar surface area (TPSA) is 75.3 Å². The third-order valence-corrected chi connectivity index (χ3v) is 5.46. The molecule has 9 heteroatoms. The molecule has 0 radical (unpaired) electrons. The van der Waals surface area contributed by atoms with Gasteiger partial charge in [-0.05, 0) is 44.4 Å². The van der Waals surface area contributed by atoms with E-state index in [4.69, 9.17) is 16.6 Å². The number of benzene rings is 2. The summed E-state index contributed by atoms with van der Waals surface area (Å²) in [5.41, 5.74) is 4.60. The van der Waals surface area contributed by atoms with Crippen molar-refractivity contribution in [3.8, 4) is 11.3 Å². The molecule has 0 N–H and O–H groups in total. The predicted molar refractivity (Wildman–Crippen MR) is 126 cm³/mol. The summed E-state index contributed by atoms with van der Waals surface area (Å²) in [6.45, 7) is 0.754. The van der Waals surface area contributed by atoms with E-state index in [2.05, 4.69) is 31.1 Å². The van der Waals surface area contributed by atoms with Gasteiger partial charge in [-0.25, -0.2) is 0 Å². The fourth-order valence-corrected chi connectivity index (χ4v) is 3.85. The molecule has 0 spiro atoms. The van der Waals surface area contributed by atoms with E-state index in [-0.39, 0.29) is 0 Å². The van der Waals surface area contributed by atoms with Crippen molar-refractivity contribution >= 4 is 39.8 Å². The Labute approximate surface area is 190 Å². The van der Waals surface area contributed by atoms with Crippen LogP contribution in [0, 0.1) is 0 Å². The predicted octanol–water partition coefficient (Wildman–Crippen LogP) is 4.22. The maximum atomic E-state index is 6.26. The van der Waals surface area contributed by atoms with E-state index in [9.17, 15) is 0 Å². The van der Waals surface area contributed by atoms with Crippen LogP contribution < -0.4 is 4.90 Å². The zero-order valence-electron chi connectivity index (χ0n) is 17.9. The van der Waals surface area contributed by atoms with Crippen molar-refractivity contribution in [1.82, 2.24) is 34.4 Å². The van der Waals surface area contributed by atoms with Crippen molar-refractivity contribution in [2.75, 3.05) is 26.0 Å². The second-order valence-electron chi connectivity index (χ2n) is 7.84. The molecule has 0 fully saturated rings. The highest BCUT2D eigenvalue weighted by Gasteiger charge is 2.15. The van der Waals surface area contributed by atoms with Gasteiger partial charge in [0.2, 0.25) is 0 Å². The Kier molecular flexibility index (Phi) is 5.16. The van der Waals surface area contributed by atoms with Crippen LogP contribution in [0.2, 0.25) is 5.02 Å². The Hall–Kier alpha value is -3.62. The number of aromatic nitrogens is 6. The lowest BCUT2D eigenvalue weighted by molar-refractivity contribution is 0.396. The van der Waals surface area contributed by atoms with Crippen molar-refractivity contribution in [1.29, 1.82) is 0 Å². The molecule has 2 aromatic carbocycles. The van der Waals surface area contributed by atoms with Gasteiger partial charge in [-0.15, -0.1) is 10.2 Å². The average Bonchev–Trinajstić information content (AvgIpc) is 3.27. The van der Waals surface area contributed by atoms with Gasteiger partial charge in [0.1, 0.15) is 12.1 Å². The van der Waals surface area contributed by atoms with E-state index in [0.717, 1.165) is 45.9 Å². The van der Waals surface area contributed by atoms with Gasteiger partial charge in [0.15, 0.2) is 0 Å². The Balaban J connectivity index is 1.55. The molecule has 0 saturated heterocycles. The summed E-state index contributed by atoms with van der Waals surface area (Å²) < 4.78 is 1.83. The standard InChI is InChI=1S/C23H21ClN8/c1-30(2)13-17-11-26-20(12-25-17)15-5-4-6-18(9-15)31(3)22-19-8-7-16(24)10-21(19)32-14-27-29-23(32)28-22/h4-12,14H,13H2,1-3H3. The SMILES string of the molecule is CN(C)Cc1cnc(-c2cccc(N(C)c3nc4nncn4c4cc(Cl)ccc34)c2)cn1. The van der Waals surface area contributed by atoms with Crippen LogP contribution in [0.1, 0.15) is 5.69 Å². The van der Waals surface area contributed by atoms with Gasteiger partial charge in [-0.1, -0.05) is 23.7 Å². The molecule has 5 aromatic rings. The molecule has 0 aliphatic rings. The first-order valence-electron chi connectivity index (χ1n) is 10.1. The summed E-state index contributed by atoms with van der Waals surface area (Å²) in [5.74, 6) is 1.28. The number of nitrogens with zero attached hydrogens (tertiary/aromatic N) is 8. The van der Waals surface area contributed by atoms with Crippen LogP contribution in [-0.4, -0.2) is 55.6 Å². The van der Waals surface area contributed by atoms with Crippen molar-refractivity contribution in [2.24, 2.45) is 0 Å². The summed E-state index contributed by atoms with van der Waals surface area (Å²) >= 11 is 6.26. The number of fused-ring (bicyclic) bond motifs is 3. The maximum Gasteiger partial charge on any atom is 0.257 e. The van der Waals surface area contributed by atoms with E-state index in [1.165, 1.54) is 0 Å². The van der Waals surface area contributed by atoms with Gasteiger partial charge in [0, 0.05) is 35.3 Å². The molecule has 0 bridgehead atoms.